The molecule has 0 spiro atoms. The molecular weight excluding hydrogens is 398 g/mol. The zero-order valence-electron chi connectivity index (χ0n) is 17.6. The van der Waals surface area contributed by atoms with Crippen molar-refractivity contribution in [3.8, 4) is 0 Å². The monoisotopic (exact) mass is 426 g/mol. The Morgan fingerprint density at radius 3 is 2.32 bits per heavy atom. The van der Waals surface area contributed by atoms with E-state index in [1.165, 1.54) is 18.2 Å². The smallest absolute Gasteiger partial charge is 0.209 e. The lowest BCUT2D eigenvalue weighted by atomic mass is 9.89. The van der Waals surface area contributed by atoms with Gasteiger partial charge in [0.05, 0.1) is 0 Å². The van der Waals surface area contributed by atoms with E-state index in [0.29, 0.717) is 0 Å². The van der Waals surface area contributed by atoms with Crippen LogP contribution in [0.25, 0.3) is 0 Å². The SMILES string of the molecule is O=CN1CCN(CCN2CC[C@@H]3[C@@H](C2)c2cc(F)ccc2N3c2ccc(F)cc2)CC1. The first-order chi connectivity index (χ1) is 15.1. The summed E-state index contributed by atoms with van der Waals surface area (Å²) in [5, 5.41) is 0. The zero-order valence-corrected chi connectivity index (χ0v) is 17.6. The fourth-order valence-electron chi connectivity index (χ4n) is 5.35. The van der Waals surface area contributed by atoms with Crippen LogP contribution >= 0.6 is 0 Å². The van der Waals surface area contributed by atoms with Gasteiger partial charge in [-0.25, -0.2) is 8.78 Å². The van der Waals surface area contributed by atoms with Gasteiger partial charge in [0.25, 0.3) is 0 Å². The van der Waals surface area contributed by atoms with E-state index in [2.05, 4.69) is 14.7 Å². The van der Waals surface area contributed by atoms with E-state index in [1.807, 2.05) is 23.1 Å². The molecule has 2 aromatic carbocycles. The number of hydrogen-bond acceptors (Lipinski definition) is 4. The summed E-state index contributed by atoms with van der Waals surface area (Å²) in [7, 11) is 0. The number of rotatable bonds is 5. The third kappa shape index (κ3) is 4.04. The largest absolute Gasteiger partial charge is 0.343 e. The molecule has 2 aromatic rings. The molecule has 3 aliphatic heterocycles. The quantitative estimate of drug-likeness (QED) is 0.688. The van der Waals surface area contributed by atoms with Crippen molar-refractivity contribution >= 4 is 17.8 Å². The molecule has 0 aromatic heterocycles. The van der Waals surface area contributed by atoms with Crippen molar-refractivity contribution in [3.63, 3.8) is 0 Å². The fourth-order valence-corrected chi connectivity index (χ4v) is 5.35. The number of amides is 1. The maximum Gasteiger partial charge on any atom is 0.209 e. The molecule has 2 atom stereocenters. The van der Waals surface area contributed by atoms with E-state index in [4.69, 9.17) is 0 Å². The summed E-state index contributed by atoms with van der Waals surface area (Å²) in [5.74, 6) is -0.220. The zero-order chi connectivity index (χ0) is 21.4. The number of fused-ring (bicyclic) bond motifs is 3. The molecule has 0 bridgehead atoms. The van der Waals surface area contributed by atoms with Crippen LogP contribution in [0.4, 0.5) is 20.2 Å². The van der Waals surface area contributed by atoms with Gasteiger partial charge in [0.15, 0.2) is 0 Å². The Morgan fingerprint density at radius 2 is 1.58 bits per heavy atom. The highest BCUT2D eigenvalue weighted by molar-refractivity contribution is 5.73. The van der Waals surface area contributed by atoms with E-state index in [0.717, 1.165) is 82.1 Å². The average Bonchev–Trinajstić information content (AvgIpc) is 3.11. The fraction of sp³-hybridized carbons (Fsp3) is 0.458. The molecule has 3 aliphatic rings. The molecule has 0 saturated carbocycles. The average molecular weight is 427 g/mol. The number of benzene rings is 2. The summed E-state index contributed by atoms with van der Waals surface area (Å²) in [6.45, 7) is 7.29. The Morgan fingerprint density at radius 1 is 0.871 bits per heavy atom. The van der Waals surface area contributed by atoms with Crippen LogP contribution in [0.5, 0.6) is 0 Å². The van der Waals surface area contributed by atoms with E-state index in [-0.39, 0.29) is 23.6 Å². The molecular formula is C24H28F2N4O. The molecule has 2 fully saturated rings. The van der Waals surface area contributed by atoms with Crippen molar-refractivity contribution in [2.24, 2.45) is 0 Å². The van der Waals surface area contributed by atoms with E-state index in [1.54, 1.807) is 6.07 Å². The Balaban J connectivity index is 1.30. The molecule has 164 valence electrons. The molecule has 0 aliphatic carbocycles. The number of likely N-dealkylation sites (tertiary alicyclic amines) is 1. The highest BCUT2D eigenvalue weighted by Crippen LogP contribution is 2.48. The second kappa shape index (κ2) is 8.55. The lowest BCUT2D eigenvalue weighted by molar-refractivity contribution is -0.119. The summed E-state index contributed by atoms with van der Waals surface area (Å²) >= 11 is 0. The Labute approximate surface area is 181 Å². The minimum atomic E-state index is -0.248. The number of carbonyl (C=O) groups excluding carboxylic acids is 1. The number of piperazine rings is 1. The summed E-state index contributed by atoms with van der Waals surface area (Å²) in [4.78, 5) is 19.9. The number of piperidine rings is 1. The van der Waals surface area contributed by atoms with Gasteiger partial charge in [0.1, 0.15) is 11.6 Å². The summed E-state index contributed by atoms with van der Waals surface area (Å²) in [5.41, 5.74) is 3.05. The summed E-state index contributed by atoms with van der Waals surface area (Å²) in [6.07, 6.45) is 1.92. The molecule has 3 heterocycles. The first kappa shape index (κ1) is 20.4. The summed E-state index contributed by atoms with van der Waals surface area (Å²) in [6, 6.07) is 11.9. The Hall–Kier alpha value is -2.51. The standard InChI is InChI=1S/C24H28F2N4O/c25-18-1-4-20(5-2-18)30-23-6-3-19(26)15-21(23)22-16-28(8-7-24(22)30)12-9-27-10-13-29(17-31)14-11-27/h1-6,15,17,22,24H,7-14,16H2/t22-,24+/m0/s1. The van der Waals surface area contributed by atoms with Crippen molar-refractivity contribution in [1.29, 1.82) is 0 Å². The number of carbonyl (C=O) groups is 1. The van der Waals surface area contributed by atoms with Crippen LogP contribution in [0, 0.1) is 11.6 Å². The maximum absolute atomic E-state index is 14.1. The molecule has 7 heteroatoms. The van der Waals surface area contributed by atoms with Gasteiger partial charge in [0.2, 0.25) is 6.41 Å². The van der Waals surface area contributed by atoms with Gasteiger partial charge in [-0.3, -0.25) is 9.69 Å². The van der Waals surface area contributed by atoms with Crippen LogP contribution in [-0.4, -0.2) is 79.5 Å². The minimum absolute atomic E-state index is 0.205. The van der Waals surface area contributed by atoms with Gasteiger partial charge in [-0.05, 0) is 54.4 Å². The van der Waals surface area contributed by atoms with Gasteiger partial charge >= 0.3 is 0 Å². The predicted octanol–water partition coefficient (Wildman–Crippen LogP) is 3.05. The van der Waals surface area contributed by atoms with Gasteiger partial charge < -0.3 is 14.7 Å². The number of hydrogen-bond donors (Lipinski definition) is 0. The Kier molecular flexibility index (Phi) is 5.63. The van der Waals surface area contributed by atoms with E-state index >= 15 is 0 Å². The lowest BCUT2D eigenvalue weighted by Gasteiger charge is -2.40. The third-order valence-corrected chi connectivity index (χ3v) is 7.03. The topological polar surface area (TPSA) is 30.0 Å². The van der Waals surface area contributed by atoms with Crippen LogP contribution in [-0.2, 0) is 4.79 Å². The minimum Gasteiger partial charge on any atom is -0.343 e. The highest BCUT2D eigenvalue weighted by Gasteiger charge is 2.42. The molecule has 31 heavy (non-hydrogen) atoms. The molecule has 0 N–H and O–H groups in total. The normalized spacial score (nSPS) is 24.2. The van der Waals surface area contributed by atoms with Crippen molar-refractivity contribution in [3.05, 3.63) is 59.7 Å². The van der Waals surface area contributed by atoms with Crippen molar-refractivity contribution < 1.29 is 13.6 Å². The molecule has 2 saturated heterocycles. The van der Waals surface area contributed by atoms with Gasteiger partial charge in [-0.1, -0.05) is 0 Å². The number of nitrogens with zero attached hydrogens (tertiary/aromatic N) is 4. The van der Waals surface area contributed by atoms with E-state index in [9.17, 15) is 13.6 Å². The van der Waals surface area contributed by atoms with Gasteiger partial charge in [-0.2, -0.15) is 0 Å². The van der Waals surface area contributed by atoms with Gasteiger partial charge in [0, 0.05) is 75.7 Å². The lowest BCUT2D eigenvalue weighted by Crippen LogP contribution is -2.50. The Bertz CT molecular complexity index is 930. The van der Waals surface area contributed by atoms with Crippen molar-refractivity contribution in [1.82, 2.24) is 14.7 Å². The van der Waals surface area contributed by atoms with Crippen LogP contribution in [0.1, 0.15) is 17.9 Å². The molecule has 0 radical (unpaired) electrons. The van der Waals surface area contributed by atoms with Crippen LogP contribution < -0.4 is 4.90 Å². The third-order valence-electron chi connectivity index (χ3n) is 7.03. The highest BCUT2D eigenvalue weighted by atomic mass is 19.1. The molecule has 1 amide bonds. The first-order valence-electron chi connectivity index (χ1n) is 11.1. The second-order valence-corrected chi connectivity index (χ2v) is 8.80. The van der Waals surface area contributed by atoms with Crippen molar-refractivity contribution in [2.75, 3.05) is 57.3 Å². The molecule has 5 rings (SSSR count). The van der Waals surface area contributed by atoms with Gasteiger partial charge in [-0.15, -0.1) is 0 Å². The molecule has 0 unspecified atom stereocenters. The number of anilines is 2. The second-order valence-electron chi connectivity index (χ2n) is 8.80. The van der Waals surface area contributed by atoms with Crippen molar-refractivity contribution in [2.45, 2.75) is 18.4 Å². The number of halogens is 2. The maximum atomic E-state index is 14.1. The van der Waals surface area contributed by atoms with E-state index < -0.39 is 0 Å². The van der Waals surface area contributed by atoms with Crippen LogP contribution in [0.15, 0.2) is 42.5 Å². The van der Waals surface area contributed by atoms with Crippen LogP contribution in [0.2, 0.25) is 0 Å². The summed E-state index contributed by atoms with van der Waals surface area (Å²) < 4.78 is 27.6. The molecule has 5 nitrogen and oxygen atoms in total. The predicted molar refractivity (Wildman–Crippen MR) is 117 cm³/mol. The van der Waals surface area contributed by atoms with Crippen LogP contribution in [0.3, 0.4) is 0 Å². The first-order valence-corrected chi connectivity index (χ1v) is 11.1.